The van der Waals surface area contributed by atoms with Crippen molar-refractivity contribution in [2.45, 2.75) is 31.7 Å². The Balaban J connectivity index is 2.09. The topological polar surface area (TPSA) is 61.4 Å². The molecule has 2 rings (SSSR count). The van der Waals surface area contributed by atoms with Crippen LogP contribution in [0.4, 0.5) is 5.69 Å². The lowest BCUT2D eigenvalue weighted by Gasteiger charge is -2.16. The van der Waals surface area contributed by atoms with Gasteiger partial charge in [0.1, 0.15) is 0 Å². The van der Waals surface area contributed by atoms with Gasteiger partial charge in [0, 0.05) is 12.2 Å². The summed E-state index contributed by atoms with van der Waals surface area (Å²) in [6.07, 6.45) is 2.73. The summed E-state index contributed by atoms with van der Waals surface area (Å²) in [6.45, 7) is 2.94. The van der Waals surface area contributed by atoms with Gasteiger partial charge in [-0.1, -0.05) is 19.1 Å². The number of rotatable bonds is 6. The van der Waals surface area contributed by atoms with E-state index in [1.807, 2.05) is 18.2 Å². The van der Waals surface area contributed by atoms with Crippen molar-refractivity contribution >= 4 is 11.6 Å². The van der Waals surface area contributed by atoms with E-state index in [2.05, 4.69) is 17.6 Å². The third-order valence-electron chi connectivity index (χ3n) is 3.27. The number of para-hydroxylation sites is 1. The van der Waals surface area contributed by atoms with Crippen LogP contribution in [0.3, 0.4) is 0 Å². The van der Waals surface area contributed by atoms with E-state index in [-0.39, 0.29) is 18.1 Å². The summed E-state index contributed by atoms with van der Waals surface area (Å²) >= 11 is 0. The molecule has 0 bridgehead atoms. The Kier molecular flexibility index (Phi) is 3.87. The quantitative estimate of drug-likeness (QED) is 0.719. The summed E-state index contributed by atoms with van der Waals surface area (Å²) in [5.41, 5.74) is 1.13. The van der Waals surface area contributed by atoms with Crippen molar-refractivity contribution in [1.82, 2.24) is 5.32 Å². The zero-order chi connectivity index (χ0) is 13.0. The standard InChI is InChI=1S/C14H20N2O2/c1-2-9-15-12-6-4-3-5-11(12)13(18)16-14(10-17)7-8-14/h3-6,15,17H,2,7-10H2,1H3,(H,16,18). The zero-order valence-corrected chi connectivity index (χ0v) is 10.7. The van der Waals surface area contributed by atoms with Crippen LogP contribution in [0, 0.1) is 0 Å². The number of benzene rings is 1. The van der Waals surface area contributed by atoms with E-state index in [4.69, 9.17) is 0 Å². The van der Waals surface area contributed by atoms with E-state index >= 15 is 0 Å². The van der Waals surface area contributed by atoms with E-state index in [0.29, 0.717) is 5.56 Å². The average Bonchev–Trinajstić information content (AvgIpc) is 3.17. The Morgan fingerprint density at radius 3 is 2.72 bits per heavy atom. The molecule has 0 unspecified atom stereocenters. The van der Waals surface area contributed by atoms with Crippen molar-refractivity contribution in [2.24, 2.45) is 0 Å². The van der Waals surface area contributed by atoms with Crippen LogP contribution in [0.15, 0.2) is 24.3 Å². The van der Waals surface area contributed by atoms with Crippen LogP contribution in [-0.2, 0) is 0 Å². The monoisotopic (exact) mass is 248 g/mol. The number of anilines is 1. The molecule has 1 aliphatic carbocycles. The Morgan fingerprint density at radius 2 is 2.11 bits per heavy atom. The van der Waals surface area contributed by atoms with Crippen LogP contribution in [-0.4, -0.2) is 29.7 Å². The summed E-state index contributed by atoms with van der Waals surface area (Å²) in [7, 11) is 0. The van der Waals surface area contributed by atoms with Gasteiger partial charge in [0.05, 0.1) is 17.7 Å². The highest BCUT2D eigenvalue weighted by Crippen LogP contribution is 2.35. The zero-order valence-electron chi connectivity index (χ0n) is 10.7. The third kappa shape index (κ3) is 2.82. The molecule has 4 heteroatoms. The molecule has 0 spiro atoms. The van der Waals surface area contributed by atoms with E-state index in [1.54, 1.807) is 6.07 Å². The van der Waals surface area contributed by atoms with Crippen LogP contribution < -0.4 is 10.6 Å². The molecule has 3 N–H and O–H groups in total. The third-order valence-corrected chi connectivity index (χ3v) is 3.27. The minimum Gasteiger partial charge on any atom is -0.394 e. The van der Waals surface area contributed by atoms with Crippen LogP contribution in [0.25, 0.3) is 0 Å². The molecule has 0 aromatic heterocycles. The van der Waals surface area contributed by atoms with Gasteiger partial charge >= 0.3 is 0 Å². The first-order valence-corrected chi connectivity index (χ1v) is 6.47. The van der Waals surface area contributed by atoms with Crippen molar-refractivity contribution in [3.05, 3.63) is 29.8 Å². The maximum atomic E-state index is 12.2. The van der Waals surface area contributed by atoms with Gasteiger partial charge < -0.3 is 15.7 Å². The fraction of sp³-hybridized carbons (Fsp3) is 0.500. The summed E-state index contributed by atoms with van der Waals surface area (Å²) in [5, 5.41) is 15.4. The first-order valence-electron chi connectivity index (χ1n) is 6.47. The minimum absolute atomic E-state index is 0.0172. The predicted octanol–water partition coefficient (Wildman–Crippen LogP) is 1.76. The molecule has 18 heavy (non-hydrogen) atoms. The number of hydrogen-bond acceptors (Lipinski definition) is 3. The van der Waals surface area contributed by atoms with Crippen molar-refractivity contribution < 1.29 is 9.90 Å². The molecule has 1 aromatic rings. The van der Waals surface area contributed by atoms with Crippen LogP contribution in [0.1, 0.15) is 36.5 Å². The number of aliphatic hydroxyl groups is 1. The highest BCUT2D eigenvalue weighted by Gasteiger charge is 2.43. The van der Waals surface area contributed by atoms with Crippen LogP contribution in [0.2, 0.25) is 0 Å². The van der Waals surface area contributed by atoms with Gasteiger partial charge in [-0.3, -0.25) is 4.79 Å². The summed E-state index contributed by atoms with van der Waals surface area (Å²) in [5.74, 6) is -0.110. The van der Waals surface area contributed by atoms with Gasteiger partial charge in [0.15, 0.2) is 0 Å². The second-order valence-corrected chi connectivity index (χ2v) is 4.86. The molecule has 4 nitrogen and oxygen atoms in total. The van der Waals surface area contributed by atoms with Gasteiger partial charge in [-0.2, -0.15) is 0 Å². The van der Waals surface area contributed by atoms with E-state index in [1.165, 1.54) is 0 Å². The Morgan fingerprint density at radius 1 is 1.39 bits per heavy atom. The molecule has 98 valence electrons. The molecule has 0 radical (unpaired) electrons. The van der Waals surface area contributed by atoms with Crippen molar-refractivity contribution in [3.8, 4) is 0 Å². The Hall–Kier alpha value is -1.55. The molecule has 1 amide bonds. The number of hydrogen-bond donors (Lipinski definition) is 3. The largest absolute Gasteiger partial charge is 0.394 e. The molecular formula is C14H20N2O2. The molecule has 0 heterocycles. The lowest BCUT2D eigenvalue weighted by atomic mass is 10.1. The maximum Gasteiger partial charge on any atom is 0.253 e. The smallest absolute Gasteiger partial charge is 0.253 e. The fourth-order valence-corrected chi connectivity index (χ4v) is 1.88. The van der Waals surface area contributed by atoms with E-state index < -0.39 is 0 Å². The predicted molar refractivity (Wildman–Crippen MR) is 71.7 cm³/mol. The first-order chi connectivity index (χ1) is 8.71. The second-order valence-electron chi connectivity index (χ2n) is 4.86. The van der Waals surface area contributed by atoms with Crippen LogP contribution in [0.5, 0.6) is 0 Å². The first kappa shape index (κ1) is 12.9. The number of nitrogens with one attached hydrogen (secondary N) is 2. The minimum atomic E-state index is -0.366. The lowest BCUT2D eigenvalue weighted by molar-refractivity contribution is 0.0907. The van der Waals surface area contributed by atoms with Crippen LogP contribution >= 0.6 is 0 Å². The van der Waals surface area contributed by atoms with Gasteiger partial charge in [-0.05, 0) is 31.4 Å². The molecule has 0 saturated heterocycles. The molecular weight excluding hydrogens is 228 g/mol. The number of aliphatic hydroxyl groups excluding tert-OH is 1. The van der Waals surface area contributed by atoms with Crippen molar-refractivity contribution in [1.29, 1.82) is 0 Å². The Bertz CT molecular complexity index is 428. The summed E-state index contributed by atoms with van der Waals surface area (Å²) < 4.78 is 0. The fourth-order valence-electron chi connectivity index (χ4n) is 1.88. The second kappa shape index (κ2) is 5.40. The molecule has 0 aliphatic heterocycles. The van der Waals surface area contributed by atoms with Gasteiger partial charge in [-0.15, -0.1) is 0 Å². The number of carbonyl (C=O) groups excluding carboxylic acids is 1. The number of carbonyl (C=O) groups is 1. The van der Waals surface area contributed by atoms with E-state index in [9.17, 15) is 9.90 Å². The molecule has 1 aromatic carbocycles. The highest BCUT2D eigenvalue weighted by atomic mass is 16.3. The SMILES string of the molecule is CCCNc1ccccc1C(=O)NC1(CO)CC1. The summed E-state index contributed by atoms with van der Waals surface area (Å²) in [6, 6.07) is 7.47. The molecule has 0 atom stereocenters. The summed E-state index contributed by atoms with van der Waals surface area (Å²) in [4.78, 5) is 12.2. The van der Waals surface area contributed by atoms with Gasteiger partial charge in [0.25, 0.3) is 5.91 Å². The molecule has 1 fully saturated rings. The normalized spacial score (nSPS) is 16.1. The van der Waals surface area contributed by atoms with Crippen molar-refractivity contribution in [3.63, 3.8) is 0 Å². The molecule has 1 aliphatic rings. The van der Waals surface area contributed by atoms with Gasteiger partial charge in [-0.25, -0.2) is 0 Å². The van der Waals surface area contributed by atoms with Crippen molar-refractivity contribution in [2.75, 3.05) is 18.5 Å². The lowest BCUT2D eigenvalue weighted by Crippen LogP contribution is -2.39. The number of amides is 1. The van der Waals surface area contributed by atoms with E-state index in [0.717, 1.165) is 31.5 Å². The maximum absolute atomic E-state index is 12.2. The average molecular weight is 248 g/mol. The molecule has 1 saturated carbocycles. The highest BCUT2D eigenvalue weighted by molar-refractivity contribution is 6.00. The van der Waals surface area contributed by atoms with Gasteiger partial charge in [0.2, 0.25) is 0 Å². The Labute approximate surface area is 107 Å².